The number of unbranched alkanes of at least 4 members (excludes halogenated alkanes) is 1. The molecular formula is C33H40Cl2F6N4O6. The number of hydrogen-bond donors (Lipinski definition) is 4. The number of hydrogen-bond acceptors (Lipinski definition) is 8. The minimum Gasteiger partial charge on any atom is -0.506 e. The van der Waals surface area contributed by atoms with E-state index in [1.54, 1.807) is 12.1 Å². The molecule has 0 unspecified atom stereocenters. The molecule has 1 atom stereocenters. The fraction of sp³-hybridized carbons (Fsp3) is 0.515. The van der Waals surface area contributed by atoms with E-state index >= 15 is 0 Å². The van der Waals surface area contributed by atoms with Crippen LogP contribution in [-0.4, -0.2) is 91.1 Å². The summed E-state index contributed by atoms with van der Waals surface area (Å²) in [6.07, 6.45) is -6.45. The molecule has 0 aliphatic carbocycles. The standard InChI is InChI=1S/C29H40Cl2N4O4.C4F6O2/c1-3-4-5-20(2)35(27(38)12-15-32-13-10-21-6-8-23(30)24(31)18-21)17-16-33-14-11-22-7-9-25(36)28-29(22)39-19-26(37)34-28;5-3(6,7)1(11)2(12)4(8,9)10/h6-9,18,20,32-33,36H,3-5,10-17,19H2,1-2H3,(H,34,37);/t20-;/m1./s1. The number of nitrogens with one attached hydrogen (secondary N) is 3. The molecule has 1 aliphatic rings. The molecule has 51 heavy (non-hydrogen) atoms. The number of aromatic hydroxyl groups is 1. The van der Waals surface area contributed by atoms with E-state index in [2.05, 4.69) is 29.8 Å². The fourth-order valence-electron chi connectivity index (χ4n) is 4.85. The molecule has 18 heteroatoms. The minimum atomic E-state index is -5.77. The van der Waals surface area contributed by atoms with Crippen LogP contribution in [0.5, 0.6) is 11.5 Å². The van der Waals surface area contributed by atoms with Gasteiger partial charge in [-0.1, -0.05) is 55.1 Å². The number of anilines is 1. The quantitative estimate of drug-likeness (QED) is 0.0662. The number of Topliss-reactive ketones (excluding diaryl/α,β-unsaturated/α-hetero) is 2. The summed E-state index contributed by atoms with van der Waals surface area (Å²) in [5, 5.41) is 20.6. The second kappa shape index (κ2) is 20.4. The van der Waals surface area contributed by atoms with Crippen molar-refractivity contribution in [2.24, 2.45) is 0 Å². The predicted octanol–water partition coefficient (Wildman–Crippen LogP) is 6.04. The number of alkyl halides is 6. The summed E-state index contributed by atoms with van der Waals surface area (Å²) in [5.41, 5.74) is 2.34. The number of phenolic OH excluding ortho intramolecular Hbond substituents is 1. The maximum absolute atomic E-state index is 13.1. The molecule has 0 saturated carbocycles. The van der Waals surface area contributed by atoms with Crippen LogP contribution in [0.4, 0.5) is 32.0 Å². The Morgan fingerprint density at radius 2 is 1.57 bits per heavy atom. The van der Waals surface area contributed by atoms with E-state index in [0.29, 0.717) is 60.5 Å². The zero-order chi connectivity index (χ0) is 38.4. The largest absolute Gasteiger partial charge is 0.506 e. The highest BCUT2D eigenvalue weighted by Gasteiger charge is 2.54. The smallest absolute Gasteiger partial charge is 0.458 e. The van der Waals surface area contributed by atoms with E-state index in [9.17, 15) is 50.6 Å². The Kier molecular flexibility index (Phi) is 17.5. The molecule has 2 aromatic rings. The molecule has 0 saturated heterocycles. The summed E-state index contributed by atoms with van der Waals surface area (Å²) in [7, 11) is 0. The number of fused-ring (bicyclic) bond motifs is 1. The van der Waals surface area contributed by atoms with Gasteiger partial charge in [-0.3, -0.25) is 19.2 Å². The van der Waals surface area contributed by atoms with Crippen LogP contribution in [-0.2, 0) is 32.0 Å². The highest BCUT2D eigenvalue weighted by atomic mass is 35.5. The van der Waals surface area contributed by atoms with Gasteiger partial charge < -0.3 is 30.7 Å². The molecular weight excluding hydrogens is 733 g/mol. The number of carbonyl (C=O) groups excluding carboxylic acids is 4. The van der Waals surface area contributed by atoms with Crippen molar-refractivity contribution in [3.63, 3.8) is 0 Å². The van der Waals surface area contributed by atoms with Crippen LogP contribution in [0.3, 0.4) is 0 Å². The van der Waals surface area contributed by atoms with E-state index in [1.807, 2.05) is 23.1 Å². The molecule has 2 aromatic carbocycles. The second-order valence-corrected chi connectivity index (χ2v) is 12.3. The van der Waals surface area contributed by atoms with Crippen molar-refractivity contribution in [3.8, 4) is 11.5 Å². The van der Waals surface area contributed by atoms with Crippen LogP contribution >= 0.6 is 23.2 Å². The summed E-state index contributed by atoms with van der Waals surface area (Å²) < 4.78 is 72.5. The number of amides is 2. The van der Waals surface area contributed by atoms with E-state index < -0.39 is 23.9 Å². The third kappa shape index (κ3) is 14.5. The number of carbonyl (C=O) groups is 4. The summed E-state index contributed by atoms with van der Waals surface area (Å²) in [4.78, 5) is 45.9. The maximum atomic E-state index is 13.1. The van der Waals surface area contributed by atoms with E-state index in [1.165, 1.54) is 0 Å². The lowest BCUT2D eigenvalue weighted by atomic mass is 10.1. The van der Waals surface area contributed by atoms with Crippen molar-refractivity contribution < 1.29 is 55.4 Å². The SMILES string of the molecule is CCCC[C@@H](C)N(CCNCCc1ccc(O)c2c1OCC(=O)N2)C(=O)CCNCCc1ccc(Cl)c(Cl)c1.O=C(C(=O)C(F)(F)F)C(F)(F)F. The van der Waals surface area contributed by atoms with Gasteiger partial charge in [-0.05, 0) is 68.6 Å². The second-order valence-electron chi connectivity index (χ2n) is 11.5. The Hall–Kier alpha value is -3.60. The van der Waals surface area contributed by atoms with E-state index in [4.69, 9.17) is 27.9 Å². The van der Waals surface area contributed by atoms with Crippen molar-refractivity contribution in [3.05, 3.63) is 51.5 Å². The summed E-state index contributed by atoms with van der Waals surface area (Å²) >= 11 is 12.1. The fourth-order valence-corrected chi connectivity index (χ4v) is 5.17. The van der Waals surface area contributed by atoms with Gasteiger partial charge in [0.25, 0.3) is 5.91 Å². The molecule has 0 spiro atoms. The first-order valence-electron chi connectivity index (χ1n) is 16.0. The molecule has 10 nitrogen and oxygen atoms in total. The molecule has 0 bridgehead atoms. The molecule has 1 aliphatic heterocycles. The molecule has 0 aromatic heterocycles. The van der Waals surface area contributed by atoms with Gasteiger partial charge in [0.2, 0.25) is 5.91 Å². The topological polar surface area (TPSA) is 137 Å². The lowest BCUT2D eigenvalue weighted by molar-refractivity contribution is -0.193. The summed E-state index contributed by atoms with van der Waals surface area (Å²) in [6, 6.07) is 9.20. The van der Waals surface area contributed by atoms with Crippen molar-refractivity contribution in [2.75, 3.05) is 44.6 Å². The van der Waals surface area contributed by atoms with Crippen LogP contribution in [0.15, 0.2) is 30.3 Å². The normalized spacial score (nSPS) is 13.3. The van der Waals surface area contributed by atoms with Gasteiger partial charge >= 0.3 is 23.9 Å². The highest BCUT2D eigenvalue weighted by molar-refractivity contribution is 6.42. The van der Waals surface area contributed by atoms with Gasteiger partial charge in [-0.25, -0.2) is 0 Å². The molecule has 4 N–H and O–H groups in total. The predicted molar refractivity (Wildman–Crippen MR) is 179 cm³/mol. The Labute approximate surface area is 301 Å². The lowest BCUT2D eigenvalue weighted by Crippen LogP contribution is -2.43. The third-order valence-corrected chi connectivity index (χ3v) is 8.31. The number of ketones is 2. The molecule has 3 rings (SSSR count). The number of benzene rings is 2. The Morgan fingerprint density at radius 3 is 2.18 bits per heavy atom. The van der Waals surface area contributed by atoms with Crippen molar-refractivity contribution in [1.82, 2.24) is 15.5 Å². The minimum absolute atomic E-state index is 0.00570. The van der Waals surface area contributed by atoms with Crippen molar-refractivity contribution in [1.29, 1.82) is 0 Å². The summed E-state index contributed by atoms with van der Waals surface area (Å²) in [5.74, 6) is -6.43. The van der Waals surface area contributed by atoms with Crippen molar-refractivity contribution >= 4 is 52.3 Å². The molecule has 2 amide bonds. The number of nitrogens with zero attached hydrogens (tertiary/aromatic N) is 1. The number of ether oxygens (including phenoxy) is 1. The van der Waals surface area contributed by atoms with Gasteiger partial charge in [0, 0.05) is 32.1 Å². The zero-order valence-electron chi connectivity index (χ0n) is 27.9. The number of rotatable bonds is 17. The first kappa shape index (κ1) is 43.6. The first-order valence-corrected chi connectivity index (χ1v) is 16.8. The average Bonchev–Trinajstić information content (AvgIpc) is 3.06. The number of halogens is 8. The van der Waals surface area contributed by atoms with E-state index in [0.717, 1.165) is 43.4 Å². The van der Waals surface area contributed by atoms with Gasteiger partial charge in [0.05, 0.1) is 10.0 Å². The van der Waals surface area contributed by atoms with Crippen LogP contribution in [0.1, 0.15) is 50.7 Å². The molecule has 0 fully saturated rings. The molecule has 0 radical (unpaired) electrons. The highest BCUT2D eigenvalue weighted by Crippen LogP contribution is 2.39. The van der Waals surface area contributed by atoms with Crippen LogP contribution in [0.2, 0.25) is 10.0 Å². The van der Waals surface area contributed by atoms with E-state index in [-0.39, 0.29) is 30.2 Å². The summed E-state index contributed by atoms with van der Waals surface area (Å²) in [6.45, 7) is 7.58. The average molecular weight is 774 g/mol. The first-order chi connectivity index (χ1) is 23.9. The van der Waals surface area contributed by atoms with Crippen molar-refractivity contribution in [2.45, 2.75) is 70.8 Å². The van der Waals surface area contributed by atoms with Gasteiger partial charge in [-0.15, -0.1) is 0 Å². The monoisotopic (exact) mass is 772 g/mol. The number of phenols is 1. The Bertz CT molecular complexity index is 1490. The van der Waals surface area contributed by atoms with Gasteiger partial charge in [0.1, 0.15) is 11.4 Å². The van der Waals surface area contributed by atoms with Crippen LogP contribution in [0.25, 0.3) is 0 Å². The van der Waals surface area contributed by atoms with Gasteiger partial charge in [0.15, 0.2) is 12.4 Å². The third-order valence-electron chi connectivity index (χ3n) is 7.57. The molecule has 284 valence electrons. The van der Waals surface area contributed by atoms with Gasteiger partial charge in [-0.2, -0.15) is 26.3 Å². The lowest BCUT2D eigenvalue weighted by Gasteiger charge is -2.30. The Balaban J connectivity index is 0.000000641. The maximum Gasteiger partial charge on any atom is 0.458 e. The molecule has 1 heterocycles. The van der Waals surface area contributed by atoms with Crippen LogP contribution < -0.4 is 20.7 Å². The van der Waals surface area contributed by atoms with Crippen LogP contribution in [0, 0.1) is 0 Å². The Morgan fingerprint density at radius 1 is 0.941 bits per heavy atom. The zero-order valence-corrected chi connectivity index (χ0v) is 29.4.